The van der Waals surface area contributed by atoms with E-state index in [1.54, 1.807) is 24.3 Å². The zero-order valence-corrected chi connectivity index (χ0v) is 27.1. The normalized spacial score (nSPS) is 15.7. The van der Waals surface area contributed by atoms with Crippen LogP contribution in [0, 0.1) is 0 Å². The largest absolute Gasteiger partial charge is 0.466 e. The van der Waals surface area contributed by atoms with E-state index in [9.17, 15) is 22.8 Å². The van der Waals surface area contributed by atoms with Gasteiger partial charge in [0, 0.05) is 30.1 Å². The first-order valence-corrected chi connectivity index (χ1v) is 16.7. The summed E-state index contributed by atoms with van der Waals surface area (Å²) in [6.07, 6.45) is 3.34. The Balaban J connectivity index is 1.27. The van der Waals surface area contributed by atoms with Crippen LogP contribution >= 0.6 is 0 Å². The Morgan fingerprint density at radius 2 is 1.52 bits per heavy atom. The zero-order chi connectivity index (χ0) is 33.0. The highest BCUT2D eigenvalue weighted by Gasteiger charge is 2.33. The highest BCUT2D eigenvalue weighted by molar-refractivity contribution is 6.01. The maximum Gasteiger partial charge on any atom is 0.416 e. The number of rotatable bonds is 15. The maximum atomic E-state index is 13.3. The fourth-order valence-electron chi connectivity index (χ4n) is 6.42. The molecule has 248 valence electrons. The Labute approximate surface area is 271 Å². The fraction of sp³-hybridized carbons (Fsp3) is 0.474. The number of ether oxygens (including phenoxy) is 1. The van der Waals surface area contributed by atoms with Crippen molar-refractivity contribution >= 4 is 11.9 Å². The first-order chi connectivity index (χ1) is 22.1. The van der Waals surface area contributed by atoms with Gasteiger partial charge in [-0.3, -0.25) is 9.59 Å². The predicted molar refractivity (Wildman–Crippen MR) is 177 cm³/mol. The third-order valence-electron chi connectivity index (χ3n) is 9.30. The Morgan fingerprint density at radius 3 is 2.17 bits per heavy atom. The molecule has 8 heteroatoms. The number of nitrogens with one attached hydrogen (secondary N) is 1. The standard InChI is InChI=1S/C38H47F3N2O3/c1-3-5-27-46-35(44)28-37(4-2,30-13-7-6-8-14-30)23-11-12-24-43-25-21-32(22-26-43)42-36(45)34-16-10-9-15-33(34)29-17-19-31(20-18-29)38(39,40)41/h6-10,13-20,32H,3-5,11-12,21-28H2,1-2H3,(H,42,45). The van der Waals surface area contributed by atoms with Crippen LogP contribution in [0.1, 0.15) is 93.1 Å². The molecule has 0 bridgehead atoms. The molecule has 1 aliphatic heterocycles. The minimum Gasteiger partial charge on any atom is -0.466 e. The van der Waals surface area contributed by atoms with Gasteiger partial charge < -0.3 is 15.0 Å². The minimum atomic E-state index is -4.41. The number of hydrogen-bond donors (Lipinski definition) is 1. The van der Waals surface area contributed by atoms with Crippen LogP contribution in [-0.2, 0) is 21.1 Å². The first kappa shape index (κ1) is 35.2. The molecule has 46 heavy (non-hydrogen) atoms. The highest BCUT2D eigenvalue weighted by Crippen LogP contribution is 2.37. The molecule has 0 aliphatic carbocycles. The molecule has 0 spiro atoms. The molecule has 1 aliphatic rings. The van der Waals surface area contributed by atoms with E-state index in [1.165, 1.54) is 17.7 Å². The number of amides is 1. The Kier molecular flexibility index (Phi) is 12.8. The molecule has 1 fully saturated rings. The van der Waals surface area contributed by atoms with Crippen molar-refractivity contribution < 1.29 is 27.5 Å². The maximum absolute atomic E-state index is 13.3. The molecule has 1 atom stereocenters. The van der Waals surface area contributed by atoms with Gasteiger partial charge in [-0.1, -0.05) is 87.4 Å². The predicted octanol–water partition coefficient (Wildman–Crippen LogP) is 8.82. The summed E-state index contributed by atoms with van der Waals surface area (Å²) >= 11 is 0. The van der Waals surface area contributed by atoms with Crippen molar-refractivity contribution in [2.24, 2.45) is 0 Å². The van der Waals surface area contributed by atoms with Crippen LogP contribution in [0.25, 0.3) is 11.1 Å². The van der Waals surface area contributed by atoms with E-state index in [0.29, 0.717) is 29.7 Å². The van der Waals surface area contributed by atoms with E-state index in [0.717, 1.165) is 83.1 Å². The molecule has 1 N–H and O–H groups in total. The Hall–Kier alpha value is -3.65. The second-order valence-electron chi connectivity index (χ2n) is 12.4. The number of carbonyl (C=O) groups is 2. The fourth-order valence-corrected chi connectivity index (χ4v) is 6.42. The summed E-state index contributed by atoms with van der Waals surface area (Å²) in [6, 6.07) is 22.3. The monoisotopic (exact) mass is 636 g/mol. The van der Waals surface area contributed by atoms with Gasteiger partial charge in [-0.25, -0.2) is 0 Å². The summed E-state index contributed by atoms with van der Waals surface area (Å²) in [6.45, 7) is 7.45. The zero-order valence-electron chi connectivity index (χ0n) is 27.1. The highest BCUT2D eigenvalue weighted by atomic mass is 19.4. The van der Waals surface area contributed by atoms with Crippen molar-refractivity contribution in [3.8, 4) is 11.1 Å². The summed E-state index contributed by atoms with van der Waals surface area (Å²) in [7, 11) is 0. The number of likely N-dealkylation sites (tertiary alicyclic amines) is 1. The second-order valence-corrected chi connectivity index (χ2v) is 12.4. The van der Waals surface area contributed by atoms with Crippen molar-refractivity contribution in [3.63, 3.8) is 0 Å². The van der Waals surface area contributed by atoms with Crippen molar-refractivity contribution in [3.05, 3.63) is 95.6 Å². The molecule has 1 heterocycles. The van der Waals surface area contributed by atoms with Gasteiger partial charge >= 0.3 is 12.1 Å². The van der Waals surface area contributed by atoms with E-state index in [4.69, 9.17) is 4.74 Å². The average Bonchev–Trinajstić information content (AvgIpc) is 3.07. The Morgan fingerprint density at radius 1 is 0.848 bits per heavy atom. The lowest BCUT2D eigenvalue weighted by atomic mass is 9.72. The Bertz CT molecular complexity index is 1390. The number of carbonyl (C=O) groups excluding carboxylic acids is 2. The van der Waals surface area contributed by atoms with Crippen molar-refractivity contribution in [2.75, 3.05) is 26.2 Å². The molecular weight excluding hydrogens is 589 g/mol. The topological polar surface area (TPSA) is 58.6 Å². The number of unbranched alkanes of at least 4 members (excludes halogenated alkanes) is 2. The lowest BCUT2D eigenvalue weighted by Gasteiger charge is -2.34. The molecule has 0 aromatic heterocycles. The third-order valence-corrected chi connectivity index (χ3v) is 9.30. The van der Waals surface area contributed by atoms with Gasteiger partial charge in [-0.2, -0.15) is 13.2 Å². The van der Waals surface area contributed by atoms with Gasteiger partial charge in [0.1, 0.15) is 0 Å². The number of esters is 1. The number of halogens is 3. The van der Waals surface area contributed by atoms with Crippen molar-refractivity contribution in [1.29, 1.82) is 0 Å². The molecule has 5 nitrogen and oxygen atoms in total. The van der Waals surface area contributed by atoms with Crippen LogP contribution in [-0.4, -0.2) is 49.1 Å². The van der Waals surface area contributed by atoms with Crippen LogP contribution in [0.5, 0.6) is 0 Å². The lowest BCUT2D eigenvalue weighted by molar-refractivity contribution is -0.145. The van der Waals surface area contributed by atoms with E-state index in [2.05, 4.69) is 36.2 Å². The minimum absolute atomic E-state index is 0.0361. The molecule has 1 unspecified atom stereocenters. The average molecular weight is 637 g/mol. The van der Waals surface area contributed by atoms with E-state index < -0.39 is 11.7 Å². The van der Waals surface area contributed by atoms with E-state index in [-0.39, 0.29) is 23.3 Å². The summed E-state index contributed by atoms with van der Waals surface area (Å²) in [5.74, 6) is -0.329. The molecule has 3 aromatic carbocycles. The smallest absolute Gasteiger partial charge is 0.416 e. The van der Waals surface area contributed by atoms with Crippen LogP contribution in [0.4, 0.5) is 13.2 Å². The summed E-state index contributed by atoms with van der Waals surface area (Å²) < 4.78 is 44.7. The number of nitrogens with zero attached hydrogens (tertiary/aromatic N) is 1. The van der Waals surface area contributed by atoms with Gasteiger partial charge in [0.25, 0.3) is 5.91 Å². The molecular formula is C38H47F3N2O3. The number of benzene rings is 3. The quantitative estimate of drug-likeness (QED) is 0.134. The van der Waals surface area contributed by atoms with Gasteiger partial charge in [0.15, 0.2) is 0 Å². The second kappa shape index (κ2) is 16.8. The van der Waals surface area contributed by atoms with Gasteiger partial charge in [0.2, 0.25) is 0 Å². The van der Waals surface area contributed by atoms with E-state index >= 15 is 0 Å². The van der Waals surface area contributed by atoms with Crippen LogP contribution < -0.4 is 5.32 Å². The number of hydrogen-bond acceptors (Lipinski definition) is 4. The van der Waals surface area contributed by atoms with Crippen LogP contribution in [0.3, 0.4) is 0 Å². The molecule has 0 saturated carbocycles. The number of piperidine rings is 1. The molecule has 1 amide bonds. The lowest BCUT2D eigenvalue weighted by Crippen LogP contribution is -2.45. The van der Waals surface area contributed by atoms with Gasteiger partial charge in [-0.05, 0) is 80.0 Å². The third kappa shape index (κ3) is 9.68. The molecule has 1 saturated heterocycles. The van der Waals surface area contributed by atoms with Gasteiger partial charge in [0.05, 0.1) is 18.6 Å². The first-order valence-electron chi connectivity index (χ1n) is 16.7. The molecule has 3 aromatic rings. The summed E-state index contributed by atoms with van der Waals surface area (Å²) in [5, 5.41) is 3.16. The van der Waals surface area contributed by atoms with E-state index in [1.807, 2.05) is 18.2 Å². The SMILES string of the molecule is CCCCOC(=O)CC(CC)(CCCCN1CCC(NC(=O)c2ccccc2-c2ccc(C(F)(F)F)cc2)CC1)c1ccccc1. The van der Waals surface area contributed by atoms with Crippen molar-refractivity contribution in [1.82, 2.24) is 10.2 Å². The summed E-state index contributed by atoms with van der Waals surface area (Å²) in [5.41, 5.74) is 1.88. The van der Waals surface area contributed by atoms with Crippen LogP contribution in [0.15, 0.2) is 78.9 Å². The van der Waals surface area contributed by atoms with Crippen molar-refractivity contribution in [2.45, 2.75) is 89.3 Å². The molecule has 4 rings (SSSR count). The molecule has 0 radical (unpaired) electrons. The summed E-state index contributed by atoms with van der Waals surface area (Å²) in [4.78, 5) is 28.5. The van der Waals surface area contributed by atoms with Crippen LogP contribution in [0.2, 0.25) is 0 Å². The van der Waals surface area contributed by atoms with Gasteiger partial charge in [-0.15, -0.1) is 0 Å². The number of alkyl halides is 3.